The lowest BCUT2D eigenvalue weighted by molar-refractivity contribution is -0.425. The molecule has 0 aromatic rings. The van der Waals surface area contributed by atoms with Gasteiger partial charge in [0.2, 0.25) is 0 Å². The quantitative estimate of drug-likeness (QED) is 0.408. The van der Waals surface area contributed by atoms with Gasteiger partial charge in [0, 0.05) is 21.0 Å². The van der Waals surface area contributed by atoms with Crippen LogP contribution in [0.25, 0.3) is 0 Å². The number of nitrogens with zero attached hydrogens (tertiary/aromatic N) is 2. The molecule has 0 radical (unpaired) electrons. The molecule has 52 valence electrons. The van der Waals surface area contributed by atoms with E-state index in [9.17, 15) is 10.1 Å². The van der Waals surface area contributed by atoms with Crippen LogP contribution in [0.1, 0.15) is 6.92 Å². The summed E-state index contributed by atoms with van der Waals surface area (Å²) in [6.07, 6.45) is 1.46. The molecule has 0 amide bonds. The van der Waals surface area contributed by atoms with E-state index in [0.29, 0.717) is 0 Å². The average Bonchev–Trinajstić information content (AvgIpc) is 1.63. The van der Waals surface area contributed by atoms with Crippen molar-refractivity contribution < 1.29 is 4.92 Å². The maximum Gasteiger partial charge on any atom is 0.258 e. The lowest BCUT2D eigenvalue weighted by atomic mass is 10.5. The molecule has 4 heteroatoms. The largest absolute Gasteiger partial charge is 0.378 e. The van der Waals surface area contributed by atoms with Crippen LogP contribution in [0.15, 0.2) is 11.9 Å². The molecule has 0 rings (SSSR count). The predicted octanol–water partition coefficient (Wildman–Crippen LogP) is 0.686. The first-order valence-corrected chi connectivity index (χ1v) is 2.53. The molecule has 4 nitrogen and oxygen atoms in total. The summed E-state index contributed by atoms with van der Waals surface area (Å²) in [5.74, 6) is 0. The molecule has 0 saturated carbocycles. The molecule has 0 spiro atoms. The van der Waals surface area contributed by atoms with Crippen LogP contribution >= 0.6 is 0 Å². The Morgan fingerprint density at radius 2 is 2.11 bits per heavy atom. The van der Waals surface area contributed by atoms with Gasteiger partial charge in [0.05, 0.1) is 11.1 Å². The van der Waals surface area contributed by atoms with Crippen LogP contribution < -0.4 is 0 Å². The van der Waals surface area contributed by atoms with E-state index in [1.165, 1.54) is 13.1 Å². The van der Waals surface area contributed by atoms with E-state index < -0.39 is 4.92 Å². The van der Waals surface area contributed by atoms with Gasteiger partial charge in [-0.2, -0.15) is 0 Å². The van der Waals surface area contributed by atoms with Gasteiger partial charge >= 0.3 is 0 Å². The second kappa shape index (κ2) is 3.06. The third-order valence-corrected chi connectivity index (χ3v) is 0.733. The molecule has 0 N–H and O–H groups in total. The van der Waals surface area contributed by atoms with Crippen molar-refractivity contribution in [2.75, 3.05) is 14.1 Å². The van der Waals surface area contributed by atoms with E-state index in [1.807, 2.05) is 0 Å². The highest BCUT2D eigenvalue weighted by Gasteiger charge is 1.99. The summed E-state index contributed by atoms with van der Waals surface area (Å²) in [7, 11) is 3.49. The van der Waals surface area contributed by atoms with Crippen LogP contribution in [-0.4, -0.2) is 23.9 Å². The topological polar surface area (TPSA) is 46.4 Å². The Morgan fingerprint density at radius 1 is 1.67 bits per heavy atom. The number of hydrogen-bond donors (Lipinski definition) is 0. The number of allylic oxidation sites excluding steroid dienone is 1. The number of hydrogen-bond acceptors (Lipinski definition) is 3. The minimum atomic E-state index is -0.417. The lowest BCUT2D eigenvalue weighted by Crippen LogP contribution is -2.05. The molecule has 0 atom stereocenters. The Hall–Kier alpha value is -1.06. The van der Waals surface area contributed by atoms with Gasteiger partial charge in [0.25, 0.3) is 5.70 Å². The molecule has 0 unspecified atom stereocenters. The summed E-state index contributed by atoms with van der Waals surface area (Å²) in [5, 5.41) is 9.95. The Labute approximate surface area is 53.9 Å². The number of nitro groups is 1. The molecule has 0 heterocycles. The van der Waals surface area contributed by atoms with E-state index >= 15 is 0 Å². The van der Waals surface area contributed by atoms with Gasteiger partial charge in [-0.1, -0.05) is 0 Å². The summed E-state index contributed by atoms with van der Waals surface area (Å²) in [5.41, 5.74) is 0.153. The molecule has 9 heavy (non-hydrogen) atoms. The van der Waals surface area contributed by atoms with Gasteiger partial charge in [-0.05, 0) is 0 Å². The standard InChI is InChI=1S/C5H10N2O2/c1-5(7(8)9)4-6(2)3/h4H,1-3H3/b5-4+. The Balaban J connectivity index is 4.00. The summed E-state index contributed by atoms with van der Waals surface area (Å²) < 4.78 is 0. The van der Waals surface area contributed by atoms with Crippen molar-refractivity contribution in [2.24, 2.45) is 0 Å². The molecular formula is C5H10N2O2. The smallest absolute Gasteiger partial charge is 0.258 e. The van der Waals surface area contributed by atoms with Crippen LogP contribution in [0.4, 0.5) is 0 Å². The lowest BCUT2D eigenvalue weighted by Gasteiger charge is -2.01. The average molecular weight is 130 g/mol. The molecule has 0 aromatic carbocycles. The molecule has 0 aliphatic heterocycles. The molecule has 0 aromatic heterocycles. The normalized spacial score (nSPS) is 11.2. The van der Waals surface area contributed by atoms with Crippen molar-refractivity contribution in [3.63, 3.8) is 0 Å². The van der Waals surface area contributed by atoms with Gasteiger partial charge in [0.1, 0.15) is 0 Å². The molecule has 0 fully saturated rings. The van der Waals surface area contributed by atoms with Gasteiger partial charge in [0.15, 0.2) is 0 Å². The zero-order chi connectivity index (χ0) is 7.44. The maximum atomic E-state index is 9.95. The molecule has 0 saturated heterocycles. The first kappa shape index (κ1) is 7.94. The van der Waals surface area contributed by atoms with Crippen molar-refractivity contribution in [2.45, 2.75) is 6.92 Å². The van der Waals surface area contributed by atoms with Crippen molar-refractivity contribution in [1.29, 1.82) is 0 Å². The van der Waals surface area contributed by atoms with Crippen molar-refractivity contribution in [1.82, 2.24) is 4.90 Å². The summed E-state index contributed by atoms with van der Waals surface area (Å²) in [4.78, 5) is 11.2. The SMILES string of the molecule is C/C(=C\N(C)C)[N+](=O)[O-]. The fraction of sp³-hybridized carbons (Fsp3) is 0.600. The summed E-state index contributed by atoms with van der Waals surface area (Å²) in [6.45, 7) is 1.46. The molecule has 0 aliphatic carbocycles. The van der Waals surface area contributed by atoms with Crippen LogP contribution in [0.5, 0.6) is 0 Å². The predicted molar refractivity (Wildman–Crippen MR) is 34.4 cm³/mol. The van der Waals surface area contributed by atoms with E-state index in [0.717, 1.165) is 0 Å². The zero-order valence-electron chi connectivity index (χ0n) is 5.79. The second-order valence-electron chi connectivity index (χ2n) is 1.99. The van der Waals surface area contributed by atoms with Gasteiger partial charge < -0.3 is 4.90 Å². The molecule has 0 bridgehead atoms. The van der Waals surface area contributed by atoms with Crippen LogP contribution in [0.3, 0.4) is 0 Å². The monoisotopic (exact) mass is 130 g/mol. The highest BCUT2D eigenvalue weighted by Crippen LogP contribution is 1.92. The van der Waals surface area contributed by atoms with Gasteiger partial charge in [-0.25, -0.2) is 0 Å². The third-order valence-electron chi connectivity index (χ3n) is 0.733. The van der Waals surface area contributed by atoms with Crippen LogP contribution in [0.2, 0.25) is 0 Å². The van der Waals surface area contributed by atoms with E-state index in [2.05, 4.69) is 0 Å². The molecular weight excluding hydrogens is 120 g/mol. The fourth-order valence-corrected chi connectivity index (χ4v) is 0.421. The van der Waals surface area contributed by atoms with Gasteiger partial charge in [-0.15, -0.1) is 0 Å². The minimum absolute atomic E-state index is 0.153. The Bertz CT molecular complexity index is 140. The zero-order valence-corrected chi connectivity index (χ0v) is 5.79. The fourth-order valence-electron chi connectivity index (χ4n) is 0.421. The highest BCUT2D eigenvalue weighted by molar-refractivity contribution is 4.83. The van der Waals surface area contributed by atoms with Crippen molar-refractivity contribution in [3.05, 3.63) is 22.0 Å². The number of rotatable bonds is 2. The van der Waals surface area contributed by atoms with E-state index in [4.69, 9.17) is 0 Å². The Morgan fingerprint density at radius 3 is 2.22 bits per heavy atom. The minimum Gasteiger partial charge on any atom is -0.378 e. The van der Waals surface area contributed by atoms with E-state index in [-0.39, 0.29) is 5.70 Å². The van der Waals surface area contributed by atoms with Crippen molar-refractivity contribution >= 4 is 0 Å². The van der Waals surface area contributed by atoms with Gasteiger partial charge in [-0.3, -0.25) is 10.1 Å². The summed E-state index contributed by atoms with van der Waals surface area (Å²) in [6, 6.07) is 0. The maximum absolute atomic E-state index is 9.95. The first-order chi connectivity index (χ1) is 4.04. The summed E-state index contributed by atoms with van der Waals surface area (Å²) >= 11 is 0. The van der Waals surface area contributed by atoms with Crippen molar-refractivity contribution in [3.8, 4) is 0 Å². The highest BCUT2D eigenvalue weighted by atomic mass is 16.6. The Kier molecular flexibility index (Phi) is 2.70. The van der Waals surface area contributed by atoms with Crippen LogP contribution in [0, 0.1) is 10.1 Å². The molecule has 0 aliphatic rings. The van der Waals surface area contributed by atoms with E-state index in [1.54, 1.807) is 19.0 Å². The first-order valence-electron chi connectivity index (χ1n) is 2.53. The second-order valence-corrected chi connectivity index (χ2v) is 1.99. The third kappa shape index (κ3) is 3.52. The van der Waals surface area contributed by atoms with Crippen LogP contribution in [-0.2, 0) is 0 Å².